The van der Waals surface area contributed by atoms with Crippen molar-refractivity contribution in [2.75, 3.05) is 4.90 Å². The highest BCUT2D eigenvalue weighted by atomic mass is 16.3. The molecule has 0 saturated heterocycles. The topological polar surface area (TPSA) is 16.4 Å². The smallest absolute Gasteiger partial charge is 0.136 e. The van der Waals surface area contributed by atoms with Crippen LogP contribution in [0.5, 0.6) is 0 Å². The van der Waals surface area contributed by atoms with E-state index in [1.807, 2.05) is 12.1 Å². The van der Waals surface area contributed by atoms with E-state index < -0.39 is 5.41 Å². The molecule has 0 bridgehead atoms. The summed E-state index contributed by atoms with van der Waals surface area (Å²) in [5.41, 5.74) is 19.2. The van der Waals surface area contributed by atoms with Crippen LogP contribution < -0.4 is 4.90 Å². The van der Waals surface area contributed by atoms with Crippen LogP contribution in [0.2, 0.25) is 0 Å². The third-order valence-corrected chi connectivity index (χ3v) is 13.0. The molecule has 0 radical (unpaired) electrons. The monoisotopic (exact) mass is 803 g/mol. The van der Waals surface area contributed by atoms with Crippen molar-refractivity contribution in [3.8, 4) is 44.5 Å². The van der Waals surface area contributed by atoms with Gasteiger partial charge in [-0.1, -0.05) is 206 Å². The zero-order chi connectivity index (χ0) is 41.7. The second kappa shape index (κ2) is 15.1. The molecule has 0 spiro atoms. The molecule has 12 rings (SSSR count). The Morgan fingerprint density at radius 1 is 0.317 bits per heavy atom. The van der Waals surface area contributed by atoms with Gasteiger partial charge in [0.1, 0.15) is 11.2 Å². The highest BCUT2D eigenvalue weighted by Gasteiger charge is 2.47. The molecule has 0 atom stereocenters. The highest BCUT2D eigenvalue weighted by Crippen LogP contribution is 2.59. The van der Waals surface area contributed by atoms with Gasteiger partial charge in [0, 0.05) is 27.7 Å². The molecule has 1 aromatic heterocycles. The fraction of sp³-hybridized carbons (Fsp3) is 0.0164. The Hall–Kier alpha value is -8.20. The average Bonchev–Trinajstić information content (AvgIpc) is 3.90. The number of hydrogen-bond acceptors (Lipinski definition) is 2. The maximum atomic E-state index is 6.30. The predicted molar refractivity (Wildman–Crippen MR) is 262 cm³/mol. The Kier molecular flexibility index (Phi) is 8.76. The maximum absolute atomic E-state index is 6.30. The molecule has 2 nitrogen and oxygen atoms in total. The molecule has 1 aliphatic rings. The number of benzene rings is 10. The van der Waals surface area contributed by atoms with Crippen LogP contribution in [0, 0.1) is 0 Å². The molecule has 0 amide bonds. The van der Waals surface area contributed by atoms with Crippen LogP contribution in [0.15, 0.2) is 253 Å². The quantitative estimate of drug-likeness (QED) is 0.152. The summed E-state index contributed by atoms with van der Waals surface area (Å²) in [6.07, 6.45) is 0. The number of hydrogen-bond donors (Lipinski definition) is 0. The molecule has 0 saturated carbocycles. The third kappa shape index (κ3) is 5.95. The lowest BCUT2D eigenvalue weighted by atomic mass is 9.68. The number of rotatable bonds is 8. The fourth-order valence-electron chi connectivity index (χ4n) is 10.2. The fourth-order valence-corrected chi connectivity index (χ4v) is 10.2. The van der Waals surface area contributed by atoms with E-state index >= 15 is 0 Å². The first kappa shape index (κ1) is 36.6. The van der Waals surface area contributed by atoms with Gasteiger partial charge < -0.3 is 9.32 Å². The van der Waals surface area contributed by atoms with E-state index in [2.05, 4.69) is 241 Å². The summed E-state index contributed by atoms with van der Waals surface area (Å²) in [4.78, 5) is 2.45. The second-order valence-electron chi connectivity index (χ2n) is 16.4. The Morgan fingerprint density at radius 3 is 1.43 bits per heavy atom. The lowest BCUT2D eigenvalue weighted by Gasteiger charge is -2.34. The van der Waals surface area contributed by atoms with E-state index in [1.54, 1.807) is 0 Å². The molecule has 2 heteroatoms. The molecule has 0 fully saturated rings. The van der Waals surface area contributed by atoms with Crippen molar-refractivity contribution in [2.24, 2.45) is 0 Å². The van der Waals surface area contributed by atoms with Crippen molar-refractivity contribution in [2.45, 2.75) is 5.41 Å². The average molecular weight is 804 g/mol. The third-order valence-electron chi connectivity index (χ3n) is 13.0. The summed E-state index contributed by atoms with van der Waals surface area (Å²) in [6.45, 7) is 0. The zero-order valence-electron chi connectivity index (χ0n) is 34.5. The highest BCUT2D eigenvalue weighted by molar-refractivity contribution is 6.12. The largest absolute Gasteiger partial charge is 0.456 e. The van der Waals surface area contributed by atoms with E-state index in [1.165, 1.54) is 55.6 Å². The van der Waals surface area contributed by atoms with Gasteiger partial charge in [-0.2, -0.15) is 0 Å². The molecule has 0 aliphatic heterocycles. The molecule has 63 heavy (non-hydrogen) atoms. The standard InChI is InChI=1S/C61H41NO/c1-4-16-42(17-5-1)43-30-32-44(33-31-43)45-34-38-49(39-35-45)62(50-40-36-46(37-41-50)51-24-14-29-58-59(51)53-23-11-13-28-57(53)63-58)56-27-15-26-55-60(56)52-22-10-12-25-54(52)61(55,47-18-6-2-7-19-47)48-20-8-3-9-21-48/h1-41H. The van der Waals surface area contributed by atoms with Crippen LogP contribution in [0.1, 0.15) is 22.3 Å². The minimum absolute atomic E-state index is 0.512. The first-order valence-corrected chi connectivity index (χ1v) is 21.7. The Bertz CT molecular complexity index is 3370. The van der Waals surface area contributed by atoms with Crippen LogP contribution in [-0.2, 0) is 5.41 Å². The summed E-state index contributed by atoms with van der Waals surface area (Å²) in [5.74, 6) is 0. The van der Waals surface area contributed by atoms with Gasteiger partial charge in [-0.05, 0) is 104 Å². The molecule has 1 heterocycles. The Labute approximate surface area is 367 Å². The number of fused-ring (bicyclic) bond motifs is 6. The number of anilines is 3. The molecular weight excluding hydrogens is 763 g/mol. The van der Waals surface area contributed by atoms with Crippen LogP contribution in [-0.4, -0.2) is 0 Å². The molecule has 0 unspecified atom stereocenters. The van der Waals surface area contributed by atoms with Crippen LogP contribution in [0.4, 0.5) is 17.1 Å². The predicted octanol–water partition coefficient (Wildman–Crippen LogP) is 16.4. The first-order chi connectivity index (χ1) is 31.3. The molecular formula is C61H41NO. The van der Waals surface area contributed by atoms with Crippen molar-refractivity contribution in [1.29, 1.82) is 0 Å². The van der Waals surface area contributed by atoms with Crippen LogP contribution in [0.25, 0.3) is 66.4 Å². The van der Waals surface area contributed by atoms with Crippen molar-refractivity contribution in [1.82, 2.24) is 0 Å². The van der Waals surface area contributed by atoms with Gasteiger partial charge in [-0.3, -0.25) is 0 Å². The van der Waals surface area contributed by atoms with Gasteiger partial charge in [0.25, 0.3) is 0 Å². The Morgan fingerprint density at radius 2 is 0.778 bits per heavy atom. The maximum Gasteiger partial charge on any atom is 0.136 e. The van der Waals surface area contributed by atoms with Gasteiger partial charge in [0.2, 0.25) is 0 Å². The molecule has 1 aliphatic carbocycles. The second-order valence-corrected chi connectivity index (χ2v) is 16.4. The minimum Gasteiger partial charge on any atom is -0.456 e. The van der Waals surface area contributed by atoms with Gasteiger partial charge in [0.15, 0.2) is 0 Å². The van der Waals surface area contributed by atoms with Gasteiger partial charge in [-0.25, -0.2) is 0 Å². The lowest BCUT2D eigenvalue weighted by Crippen LogP contribution is -2.28. The SMILES string of the molecule is c1ccc(-c2ccc(-c3ccc(N(c4ccc(-c5cccc6oc7ccccc7c56)cc4)c4cccc5c4-c4ccccc4C5(c4ccccc4)c4ccccc4)cc3)cc2)cc1. The van der Waals surface area contributed by atoms with Crippen molar-refractivity contribution < 1.29 is 4.42 Å². The van der Waals surface area contributed by atoms with Gasteiger partial charge in [-0.15, -0.1) is 0 Å². The van der Waals surface area contributed by atoms with Crippen molar-refractivity contribution in [3.05, 3.63) is 271 Å². The van der Waals surface area contributed by atoms with E-state index in [-0.39, 0.29) is 0 Å². The molecule has 11 aromatic rings. The Balaban J connectivity index is 1.04. The summed E-state index contributed by atoms with van der Waals surface area (Å²) in [7, 11) is 0. The molecule has 10 aromatic carbocycles. The van der Waals surface area contributed by atoms with Crippen molar-refractivity contribution in [3.63, 3.8) is 0 Å². The summed E-state index contributed by atoms with van der Waals surface area (Å²) < 4.78 is 6.30. The molecule has 296 valence electrons. The lowest BCUT2D eigenvalue weighted by molar-refractivity contribution is 0.669. The van der Waals surface area contributed by atoms with Crippen LogP contribution in [0.3, 0.4) is 0 Å². The van der Waals surface area contributed by atoms with E-state index in [9.17, 15) is 0 Å². The number of para-hydroxylation sites is 1. The molecule has 0 N–H and O–H groups in total. The zero-order valence-corrected chi connectivity index (χ0v) is 34.5. The van der Waals surface area contributed by atoms with Crippen molar-refractivity contribution >= 4 is 39.0 Å². The van der Waals surface area contributed by atoms with E-state index in [0.29, 0.717) is 0 Å². The summed E-state index contributed by atoms with van der Waals surface area (Å²) in [6, 6.07) is 90.2. The van der Waals surface area contributed by atoms with Gasteiger partial charge >= 0.3 is 0 Å². The first-order valence-electron chi connectivity index (χ1n) is 21.7. The van der Waals surface area contributed by atoms with Crippen LogP contribution >= 0.6 is 0 Å². The summed E-state index contributed by atoms with van der Waals surface area (Å²) >= 11 is 0. The number of nitrogens with zero attached hydrogens (tertiary/aromatic N) is 1. The normalized spacial score (nSPS) is 12.6. The number of furan rings is 1. The van der Waals surface area contributed by atoms with Gasteiger partial charge in [0.05, 0.1) is 11.1 Å². The minimum atomic E-state index is -0.512. The van der Waals surface area contributed by atoms with E-state index in [0.717, 1.165) is 50.1 Å². The van der Waals surface area contributed by atoms with E-state index in [4.69, 9.17) is 4.42 Å². The summed E-state index contributed by atoms with van der Waals surface area (Å²) in [5, 5.41) is 2.27.